The average Bonchev–Trinajstić information content (AvgIpc) is 3.32. The van der Waals surface area contributed by atoms with Crippen LogP contribution in [0.3, 0.4) is 0 Å². The lowest BCUT2D eigenvalue weighted by molar-refractivity contribution is -0.439. The molecule has 3 aliphatic rings. The summed E-state index contributed by atoms with van der Waals surface area (Å²) in [7, 11) is 1.63. The highest BCUT2D eigenvalue weighted by molar-refractivity contribution is 6.24. The van der Waals surface area contributed by atoms with Crippen molar-refractivity contribution in [2.24, 2.45) is 11.8 Å². The van der Waals surface area contributed by atoms with Gasteiger partial charge in [-0.2, -0.15) is 17.7 Å². The molecule has 246 valence electrons. The molecule has 0 radical (unpaired) electrons. The quantitative estimate of drug-likeness (QED) is 0.207. The molecule has 2 aliphatic heterocycles. The summed E-state index contributed by atoms with van der Waals surface area (Å²) in [6.45, 7) is 17.7. The fourth-order valence-corrected chi connectivity index (χ4v) is 6.78. The van der Waals surface area contributed by atoms with Gasteiger partial charge in [-0.25, -0.2) is 0 Å². The molecule has 46 heavy (non-hydrogen) atoms. The number of rotatable bonds is 9. The number of ether oxygens (including phenoxy) is 1. The molecule has 0 unspecified atom stereocenters. The van der Waals surface area contributed by atoms with Gasteiger partial charge in [-0.3, -0.25) is 4.79 Å². The van der Waals surface area contributed by atoms with E-state index in [9.17, 15) is 23.1 Å². The number of anilines is 1. The Morgan fingerprint density at radius 1 is 0.935 bits per heavy atom. The summed E-state index contributed by atoms with van der Waals surface area (Å²) in [6.07, 6.45) is 0.614. The Morgan fingerprint density at radius 3 is 2.20 bits per heavy atom. The fraction of sp³-hybridized carbons (Fsp3) is 0.474. The van der Waals surface area contributed by atoms with E-state index in [0.717, 1.165) is 48.2 Å². The SMILES string of the molecule is COc1ccc2c(c1)C(C)(C)C(C=C1C(=O)C(C=C3N(CCC(C)C)c4ccc(C(F)(F)F)cc4C3(C)C)=C1[O-])=[N+]2CCC(C)C. The van der Waals surface area contributed by atoms with Gasteiger partial charge >= 0.3 is 6.18 Å². The molecular formula is C38H45F3N2O3. The van der Waals surface area contributed by atoms with E-state index >= 15 is 0 Å². The third-order valence-corrected chi connectivity index (χ3v) is 9.72. The highest BCUT2D eigenvalue weighted by atomic mass is 19.4. The minimum Gasteiger partial charge on any atom is -0.871 e. The monoisotopic (exact) mass is 634 g/mol. The zero-order valence-electron chi connectivity index (χ0n) is 28.4. The number of carbonyl (C=O) groups is 1. The molecule has 2 aromatic carbocycles. The first-order valence-corrected chi connectivity index (χ1v) is 16.1. The fourth-order valence-electron chi connectivity index (χ4n) is 6.78. The number of alkyl halides is 3. The Kier molecular flexibility index (Phi) is 8.58. The molecule has 8 heteroatoms. The summed E-state index contributed by atoms with van der Waals surface area (Å²) in [5.74, 6) is 0.871. The van der Waals surface area contributed by atoms with E-state index < -0.39 is 22.6 Å². The van der Waals surface area contributed by atoms with Gasteiger partial charge in [0.05, 0.1) is 18.1 Å². The molecule has 0 spiro atoms. The molecule has 2 heterocycles. The molecule has 0 fully saturated rings. The van der Waals surface area contributed by atoms with Crippen LogP contribution in [0.5, 0.6) is 5.75 Å². The van der Waals surface area contributed by atoms with Gasteiger partial charge in [0.1, 0.15) is 12.3 Å². The van der Waals surface area contributed by atoms with Gasteiger partial charge < -0.3 is 14.7 Å². The summed E-state index contributed by atoms with van der Waals surface area (Å²) >= 11 is 0. The van der Waals surface area contributed by atoms with Crippen LogP contribution in [0.1, 0.15) is 84.9 Å². The van der Waals surface area contributed by atoms with Gasteiger partial charge in [-0.15, -0.1) is 0 Å². The van der Waals surface area contributed by atoms with E-state index in [2.05, 4.69) is 46.1 Å². The number of fused-ring (bicyclic) bond motifs is 2. The number of ketones is 1. The topological polar surface area (TPSA) is 55.6 Å². The number of carbonyl (C=O) groups excluding carboxylic acids is 1. The minimum atomic E-state index is -4.48. The number of methoxy groups -OCH3 is 1. The van der Waals surface area contributed by atoms with Crippen molar-refractivity contribution in [1.82, 2.24) is 0 Å². The molecule has 5 nitrogen and oxygen atoms in total. The van der Waals surface area contributed by atoms with Crippen molar-refractivity contribution in [2.45, 2.75) is 85.2 Å². The lowest BCUT2D eigenvalue weighted by Crippen LogP contribution is -2.35. The van der Waals surface area contributed by atoms with Crippen LogP contribution in [0.2, 0.25) is 0 Å². The zero-order valence-corrected chi connectivity index (χ0v) is 28.4. The molecule has 0 aromatic heterocycles. The lowest BCUT2D eigenvalue weighted by Gasteiger charge is -2.33. The molecule has 0 N–H and O–H groups in total. The molecular weight excluding hydrogens is 589 g/mol. The van der Waals surface area contributed by atoms with E-state index in [1.165, 1.54) is 12.1 Å². The molecule has 5 rings (SSSR count). The van der Waals surface area contributed by atoms with Gasteiger partial charge in [-0.1, -0.05) is 47.3 Å². The van der Waals surface area contributed by atoms with E-state index in [0.29, 0.717) is 35.3 Å². The van der Waals surface area contributed by atoms with Gasteiger partial charge in [0.25, 0.3) is 0 Å². The highest BCUT2D eigenvalue weighted by Crippen LogP contribution is 2.51. The van der Waals surface area contributed by atoms with Crippen LogP contribution in [0, 0.1) is 11.8 Å². The maximum atomic E-state index is 13.8. The first kappa shape index (κ1) is 33.6. The van der Waals surface area contributed by atoms with Gasteiger partial charge in [0.2, 0.25) is 5.69 Å². The van der Waals surface area contributed by atoms with Crippen molar-refractivity contribution >= 4 is 22.9 Å². The molecule has 0 bridgehead atoms. The third-order valence-electron chi connectivity index (χ3n) is 9.72. The molecule has 0 saturated carbocycles. The lowest BCUT2D eigenvalue weighted by atomic mass is 9.77. The van der Waals surface area contributed by atoms with Crippen LogP contribution in [0.15, 0.2) is 71.2 Å². The Hall–Kier alpha value is -3.81. The second-order valence-electron chi connectivity index (χ2n) is 14.6. The maximum absolute atomic E-state index is 13.8. The van der Waals surface area contributed by atoms with E-state index in [1.54, 1.807) is 19.3 Å². The average molecular weight is 635 g/mol. The molecule has 1 aliphatic carbocycles. The maximum Gasteiger partial charge on any atom is 0.416 e. The predicted octanol–water partition coefficient (Wildman–Crippen LogP) is 7.99. The van der Waals surface area contributed by atoms with Crippen molar-refractivity contribution in [3.8, 4) is 5.75 Å². The second kappa shape index (κ2) is 11.8. The van der Waals surface area contributed by atoms with E-state index in [-0.39, 0.29) is 22.7 Å². The van der Waals surface area contributed by atoms with Crippen LogP contribution in [0.4, 0.5) is 24.5 Å². The Balaban J connectivity index is 1.59. The predicted molar refractivity (Wildman–Crippen MR) is 175 cm³/mol. The van der Waals surface area contributed by atoms with Crippen molar-refractivity contribution in [3.05, 3.63) is 87.8 Å². The molecule has 0 amide bonds. The van der Waals surface area contributed by atoms with Crippen LogP contribution >= 0.6 is 0 Å². The van der Waals surface area contributed by atoms with E-state index in [4.69, 9.17) is 4.74 Å². The van der Waals surface area contributed by atoms with Crippen molar-refractivity contribution in [1.29, 1.82) is 0 Å². The minimum absolute atomic E-state index is 0.0667. The summed E-state index contributed by atoms with van der Waals surface area (Å²) in [5, 5.41) is 13.8. The third kappa shape index (κ3) is 5.69. The highest BCUT2D eigenvalue weighted by Gasteiger charge is 2.47. The summed E-state index contributed by atoms with van der Waals surface area (Å²) < 4.78 is 48.8. The van der Waals surface area contributed by atoms with Crippen LogP contribution in [-0.2, 0) is 21.8 Å². The van der Waals surface area contributed by atoms with Gasteiger partial charge in [-0.05, 0) is 74.1 Å². The Bertz CT molecular complexity index is 1700. The largest absolute Gasteiger partial charge is 0.871 e. The zero-order chi connectivity index (χ0) is 33.9. The Labute approximate surface area is 270 Å². The first-order valence-electron chi connectivity index (χ1n) is 16.1. The smallest absolute Gasteiger partial charge is 0.416 e. The number of nitrogens with zero attached hydrogens (tertiary/aromatic N) is 2. The first-order chi connectivity index (χ1) is 21.4. The number of hydrogen-bond donors (Lipinski definition) is 0. The Morgan fingerprint density at radius 2 is 1.61 bits per heavy atom. The van der Waals surface area contributed by atoms with Crippen LogP contribution < -0.4 is 14.7 Å². The number of hydrogen-bond acceptors (Lipinski definition) is 4. The summed E-state index contributed by atoms with van der Waals surface area (Å²) in [5.41, 5.74) is 3.00. The standard InChI is InChI=1S/C38H45F3N2O3/c1-22(2)14-16-42-30-12-10-24(38(39,40)41)18-28(30)36(5,6)32(42)20-26-34(44)27(35(26)45)21-33-37(7,8)29-19-25(46-9)11-13-31(29)43(33)17-15-23(3)4/h10-13,18-23H,14-17H2,1-9H3. The summed E-state index contributed by atoms with van der Waals surface area (Å²) in [6, 6.07) is 9.80. The number of Topliss-reactive ketones (excluding diaryl/α,β-unsaturated/α-hetero) is 1. The summed E-state index contributed by atoms with van der Waals surface area (Å²) in [4.78, 5) is 15.7. The van der Waals surface area contributed by atoms with Gasteiger partial charge in [0, 0.05) is 58.6 Å². The normalized spacial score (nSPS) is 20.4. The number of benzene rings is 2. The van der Waals surface area contributed by atoms with Crippen LogP contribution in [0.25, 0.3) is 0 Å². The van der Waals surface area contributed by atoms with Gasteiger partial charge in [0.15, 0.2) is 11.5 Å². The molecule has 0 saturated heterocycles. The molecule has 0 atom stereocenters. The second-order valence-corrected chi connectivity index (χ2v) is 14.6. The van der Waals surface area contributed by atoms with Crippen molar-refractivity contribution < 1.29 is 32.4 Å². The van der Waals surface area contributed by atoms with Crippen molar-refractivity contribution in [3.63, 3.8) is 0 Å². The van der Waals surface area contributed by atoms with E-state index in [1.807, 2.05) is 36.9 Å². The van der Waals surface area contributed by atoms with Crippen molar-refractivity contribution in [2.75, 3.05) is 25.1 Å². The molecule has 2 aromatic rings. The number of halogens is 3. The number of allylic oxidation sites excluding steroid dienone is 5. The van der Waals surface area contributed by atoms with Crippen LogP contribution in [-0.4, -0.2) is 36.3 Å².